The highest BCUT2D eigenvalue weighted by Crippen LogP contribution is 2.21. The zero-order valence-corrected chi connectivity index (χ0v) is 12.1. The zero-order valence-electron chi connectivity index (χ0n) is 11.3. The van der Waals surface area contributed by atoms with E-state index in [9.17, 15) is 4.79 Å². The third-order valence-electron chi connectivity index (χ3n) is 3.16. The minimum atomic E-state index is -0.414. The van der Waals surface area contributed by atoms with Gasteiger partial charge in [0.25, 0.3) is 5.56 Å². The molecular weight excluding hydrogens is 288 g/mol. The van der Waals surface area contributed by atoms with Crippen LogP contribution in [0.15, 0.2) is 47.4 Å². The molecule has 0 spiro atoms. The number of aromatic nitrogens is 3. The Balaban J connectivity index is 2.47. The van der Waals surface area contributed by atoms with Gasteiger partial charge in [0.05, 0.1) is 22.0 Å². The fourth-order valence-electron chi connectivity index (χ4n) is 2.22. The fraction of sp³-hybridized carbons (Fsp3) is 0.133. The molecule has 21 heavy (non-hydrogen) atoms. The Bertz CT molecular complexity index is 859. The van der Waals surface area contributed by atoms with Gasteiger partial charge in [0.15, 0.2) is 0 Å². The molecular formula is C15H13ClN4O. The van der Waals surface area contributed by atoms with Gasteiger partial charge < -0.3 is 5.73 Å². The minimum absolute atomic E-state index is 0.267. The van der Waals surface area contributed by atoms with Crippen LogP contribution in [0.1, 0.15) is 18.8 Å². The summed E-state index contributed by atoms with van der Waals surface area (Å²) < 4.78 is 1.42. The Labute approximate surface area is 126 Å². The average molecular weight is 301 g/mol. The van der Waals surface area contributed by atoms with Gasteiger partial charge >= 0.3 is 0 Å². The number of pyridine rings is 1. The molecule has 2 aromatic heterocycles. The van der Waals surface area contributed by atoms with Crippen molar-refractivity contribution in [3.05, 3.63) is 63.8 Å². The third-order valence-corrected chi connectivity index (χ3v) is 3.47. The Morgan fingerprint density at radius 1 is 1.24 bits per heavy atom. The van der Waals surface area contributed by atoms with Crippen LogP contribution < -0.4 is 11.3 Å². The maximum absolute atomic E-state index is 12.8. The van der Waals surface area contributed by atoms with Crippen molar-refractivity contribution in [2.24, 2.45) is 5.73 Å². The number of nitrogens with two attached hydrogens (primary N) is 1. The van der Waals surface area contributed by atoms with Gasteiger partial charge in [-0.05, 0) is 31.2 Å². The summed E-state index contributed by atoms with van der Waals surface area (Å²) in [5, 5.41) is 0.736. The summed E-state index contributed by atoms with van der Waals surface area (Å²) in [7, 11) is 0. The number of benzene rings is 1. The second-order valence-electron chi connectivity index (χ2n) is 4.72. The second kappa shape index (κ2) is 5.27. The molecule has 0 bridgehead atoms. The van der Waals surface area contributed by atoms with E-state index in [0.29, 0.717) is 27.6 Å². The highest BCUT2D eigenvalue weighted by atomic mass is 35.5. The minimum Gasteiger partial charge on any atom is -0.322 e. The van der Waals surface area contributed by atoms with Crippen LogP contribution in [0.3, 0.4) is 0 Å². The number of nitrogens with zero attached hydrogens (tertiary/aromatic N) is 3. The molecule has 1 atom stereocenters. The molecule has 1 unspecified atom stereocenters. The van der Waals surface area contributed by atoms with Crippen molar-refractivity contribution < 1.29 is 0 Å². The molecule has 0 aliphatic carbocycles. The van der Waals surface area contributed by atoms with Crippen LogP contribution in [0.4, 0.5) is 0 Å². The van der Waals surface area contributed by atoms with E-state index in [2.05, 4.69) is 9.97 Å². The van der Waals surface area contributed by atoms with E-state index >= 15 is 0 Å². The molecule has 1 aromatic carbocycles. The lowest BCUT2D eigenvalue weighted by atomic mass is 10.2. The van der Waals surface area contributed by atoms with Gasteiger partial charge in [-0.2, -0.15) is 0 Å². The van der Waals surface area contributed by atoms with Crippen LogP contribution in [0.2, 0.25) is 5.02 Å². The lowest BCUT2D eigenvalue weighted by molar-refractivity contribution is 0.689. The molecule has 0 aliphatic rings. The van der Waals surface area contributed by atoms with Crippen LogP contribution in [0.25, 0.3) is 16.7 Å². The van der Waals surface area contributed by atoms with Crippen molar-refractivity contribution in [2.45, 2.75) is 13.0 Å². The number of rotatable bonds is 2. The predicted molar refractivity (Wildman–Crippen MR) is 82.7 cm³/mol. The van der Waals surface area contributed by atoms with E-state index in [1.807, 2.05) is 0 Å². The van der Waals surface area contributed by atoms with Crippen LogP contribution in [0.5, 0.6) is 0 Å². The lowest BCUT2D eigenvalue weighted by Gasteiger charge is -2.15. The first-order valence-electron chi connectivity index (χ1n) is 6.47. The third kappa shape index (κ3) is 2.30. The predicted octanol–water partition coefficient (Wildman–Crippen LogP) is 2.45. The van der Waals surface area contributed by atoms with E-state index in [1.165, 1.54) is 4.57 Å². The van der Waals surface area contributed by atoms with Gasteiger partial charge in [-0.25, -0.2) is 14.5 Å². The normalized spacial score (nSPS) is 12.5. The zero-order chi connectivity index (χ0) is 15.0. The van der Waals surface area contributed by atoms with E-state index < -0.39 is 6.04 Å². The van der Waals surface area contributed by atoms with Gasteiger partial charge in [0, 0.05) is 6.20 Å². The van der Waals surface area contributed by atoms with Crippen molar-refractivity contribution >= 4 is 22.5 Å². The molecule has 0 radical (unpaired) electrons. The molecule has 3 rings (SSSR count). The van der Waals surface area contributed by atoms with Crippen molar-refractivity contribution in [1.29, 1.82) is 0 Å². The summed E-state index contributed by atoms with van der Waals surface area (Å²) in [5.74, 6) is 0.928. The molecule has 0 aliphatic heterocycles. The average Bonchev–Trinajstić information content (AvgIpc) is 2.47. The number of fused-ring (bicyclic) bond motifs is 1. The lowest BCUT2D eigenvalue weighted by Crippen LogP contribution is -2.28. The molecule has 0 saturated heterocycles. The maximum Gasteiger partial charge on any atom is 0.268 e. The first-order valence-corrected chi connectivity index (χ1v) is 6.85. The van der Waals surface area contributed by atoms with Crippen molar-refractivity contribution in [2.75, 3.05) is 0 Å². The number of hydrogen-bond donors (Lipinski definition) is 1. The maximum atomic E-state index is 12.8. The van der Waals surface area contributed by atoms with Crippen molar-refractivity contribution in [1.82, 2.24) is 14.5 Å². The molecule has 6 heteroatoms. The second-order valence-corrected chi connectivity index (χ2v) is 5.13. The topological polar surface area (TPSA) is 73.8 Å². The molecule has 5 nitrogen and oxygen atoms in total. The summed E-state index contributed by atoms with van der Waals surface area (Å²) in [4.78, 5) is 21.5. The van der Waals surface area contributed by atoms with E-state index in [-0.39, 0.29) is 5.56 Å². The highest BCUT2D eigenvalue weighted by Gasteiger charge is 2.17. The van der Waals surface area contributed by atoms with Gasteiger partial charge in [-0.3, -0.25) is 4.79 Å². The Hall–Kier alpha value is -2.24. The Morgan fingerprint density at radius 3 is 2.71 bits per heavy atom. The van der Waals surface area contributed by atoms with Gasteiger partial charge in [0.2, 0.25) is 0 Å². The molecule has 106 valence electrons. The molecule has 0 amide bonds. The summed E-state index contributed by atoms with van der Waals surface area (Å²) in [6, 6.07) is 10.1. The van der Waals surface area contributed by atoms with Crippen LogP contribution in [0, 0.1) is 0 Å². The number of halogens is 1. The largest absolute Gasteiger partial charge is 0.322 e. The summed E-state index contributed by atoms with van der Waals surface area (Å²) >= 11 is 6.15. The summed E-state index contributed by atoms with van der Waals surface area (Å²) in [6.45, 7) is 1.78. The first-order chi connectivity index (χ1) is 10.1. The van der Waals surface area contributed by atoms with Gasteiger partial charge in [-0.15, -0.1) is 0 Å². The quantitative estimate of drug-likeness (QED) is 0.789. The highest BCUT2D eigenvalue weighted by molar-refractivity contribution is 6.35. The number of hydrogen-bond acceptors (Lipinski definition) is 4. The van der Waals surface area contributed by atoms with Crippen LogP contribution >= 0.6 is 11.6 Å². The monoisotopic (exact) mass is 300 g/mol. The van der Waals surface area contributed by atoms with E-state index in [1.54, 1.807) is 49.5 Å². The van der Waals surface area contributed by atoms with E-state index in [0.717, 1.165) is 0 Å². The Morgan fingerprint density at radius 2 is 2.05 bits per heavy atom. The summed E-state index contributed by atoms with van der Waals surface area (Å²) in [5.41, 5.74) is 6.23. The van der Waals surface area contributed by atoms with Crippen molar-refractivity contribution in [3.8, 4) is 5.82 Å². The molecule has 2 heterocycles. The van der Waals surface area contributed by atoms with Gasteiger partial charge in [0.1, 0.15) is 11.6 Å². The summed E-state index contributed by atoms with van der Waals surface area (Å²) in [6.07, 6.45) is 1.61. The molecule has 0 saturated carbocycles. The molecule has 3 aromatic rings. The molecule has 2 N–H and O–H groups in total. The van der Waals surface area contributed by atoms with Gasteiger partial charge in [-0.1, -0.05) is 23.7 Å². The Kier molecular flexibility index (Phi) is 3.45. The fourth-order valence-corrected chi connectivity index (χ4v) is 2.47. The van der Waals surface area contributed by atoms with Crippen molar-refractivity contribution in [3.63, 3.8) is 0 Å². The van der Waals surface area contributed by atoms with Crippen LogP contribution in [-0.2, 0) is 0 Å². The standard InChI is InChI=1S/C15H13ClN4O/c1-9(17)14-19-11-6-4-5-10(16)13(11)15(21)20(14)12-7-2-3-8-18-12/h2-9H,17H2,1H3. The van der Waals surface area contributed by atoms with Crippen LogP contribution in [-0.4, -0.2) is 14.5 Å². The first kappa shape index (κ1) is 13.7. The smallest absolute Gasteiger partial charge is 0.268 e. The van der Waals surface area contributed by atoms with E-state index in [4.69, 9.17) is 17.3 Å². The SMILES string of the molecule is CC(N)c1nc2cccc(Cl)c2c(=O)n1-c1ccccn1. The molecule has 0 fully saturated rings.